The van der Waals surface area contributed by atoms with E-state index in [1.807, 2.05) is 0 Å². The molecule has 0 aromatic heterocycles. The number of para-hydroxylation sites is 1. The third kappa shape index (κ3) is 2.66. The summed E-state index contributed by atoms with van der Waals surface area (Å²) in [5.41, 5.74) is 0.449. The molecule has 3 rings (SSSR count). The van der Waals surface area contributed by atoms with Crippen LogP contribution >= 0.6 is 0 Å². The van der Waals surface area contributed by atoms with E-state index in [2.05, 4.69) is 0 Å². The average Bonchev–Trinajstić information content (AvgIpc) is 2.93. The maximum atomic E-state index is 12.7. The number of ether oxygens (including phenoxy) is 2. The number of carboxylic acid groups (broad SMARTS) is 1. The van der Waals surface area contributed by atoms with Crippen molar-refractivity contribution in [3.8, 4) is 11.5 Å². The van der Waals surface area contributed by atoms with Crippen molar-refractivity contribution in [2.24, 2.45) is 0 Å². The zero-order chi connectivity index (χ0) is 14.8. The zero-order valence-electron chi connectivity index (χ0n) is 11.6. The molecule has 0 saturated carbocycles. The van der Waals surface area contributed by atoms with Crippen LogP contribution in [-0.2, 0) is 4.79 Å². The number of benzene rings is 1. The van der Waals surface area contributed by atoms with E-state index in [-0.39, 0.29) is 18.4 Å². The van der Waals surface area contributed by atoms with Crippen LogP contribution < -0.4 is 9.47 Å². The Morgan fingerprint density at radius 2 is 2.10 bits per heavy atom. The van der Waals surface area contributed by atoms with Gasteiger partial charge in [-0.3, -0.25) is 9.59 Å². The maximum absolute atomic E-state index is 12.7. The van der Waals surface area contributed by atoms with Crippen LogP contribution in [0.15, 0.2) is 18.2 Å². The third-order valence-corrected chi connectivity index (χ3v) is 3.84. The van der Waals surface area contributed by atoms with E-state index >= 15 is 0 Å². The van der Waals surface area contributed by atoms with Crippen LogP contribution in [0.4, 0.5) is 0 Å². The molecule has 1 saturated heterocycles. The van der Waals surface area contributed by atoms with Gasteiger partial charge in [-0.05, 0) is 25.0 Å². The van der Waals surface area contributed by atoms with Gasteiger partial charge in [0.1, 0.15) is 13.2 Å². The maximum Gasteiger partial charge on any atom is 0.305 e. The number of hydrogen-bond acceptors (Lipinski definition) is 4. The number of carbonyl (C=O) groups excluding carboxylic acids is 1. The molecule has 1 N–H and O–H groups in total. The van der Waals surface area contributed by atoms with Gasteiger partial charge in [0.2, 0.25) is 0 Å². The number of carboxylic acids is 1. The lowest BCUT2D eigenvalue weighted by Crippen LogP contribution is -2.37. The minimum atomic E-state index is -0.880. The predicted molar refractivity (Wildman–Crippen MR) is 73.7 cm³/mol. The average molecular weight is 291 g/mol. The summed E-state index contributed by atoms with van der Waals surface area (Å²) >= 11 is 0. The molecule has 21 heavy (non-hydrogen) atoms. The summed E-state index contributed by atoms with van der Waals surface area (Å²) < 4.78 is 11.0. The van der Waals surface area contributed by atoms with Crippen LogP contribution in [0, 0.1) is 0 Å². The molecule has 0 bridgehead atoms. The first kappa shape index (κ1) is 13.7. The second-order valence-corrected chi connectivity index (χ2v) is 5.22. The zero-order valence-corrected chi connectivity index (χ0v) is 11.6. The lowest BCUT2D eigenvalue weighted by atomic mass is 10.1. The van der Waals surface area contributed by atoms with Crippen LogP contribution in [0.25, 0.3) is 0 Å². The van der Waals surface area contributed by atoms with Gasteiger partial charge in [-0.2, -0.15) is 0 Å². The van der Waals surface area contributed by atoms with E-state index in [0.717, 1.165) is 12.8 Å². The van der Waals surface area contributed by atoms with Crippen molar-refractivity contribution in [2.45, 2.75) is 25.3 Å². The van der Waals surface area contributed by atoms with Gasteiger partial charge in [0.05, 0.1) is 12.0 Å². The molecule has 6 nitrogen and oxygen atoms in total. The van der Waals surface area contributed by atoms with Crippen molar-refractivity contribution in [1.82, 2.24) is 4.90 Å². The van der Waals surface area contributed by atoms with E-state index in [9.17, 15) is 9.59 Å². The quantitative estimate of drug-likeness (QED) is 0.914. The third-order valence-electron chi connectivity index (χ3n) is 3.84. The number of fused-ring (bicyclic) bond motifs is 1. The molecule has 0 radical (unpaired) electrons. The van der Waals surface area contributed by atoms with Gasteiger partial charge < -0.3 is 19.5 Å². The number of amides is 1. The minimum absolute atomic E-state index is 0.0158. The van der Waals surface area contributed by atoms with Gasteiger partial charge in [0, 0.05) is 12.6 Å². The van der Waals surface area contributed by atoms with Gasteiger partial charge in [-0.1, -0.05) is 6.07 Å². The SMILES string of the molecule is O=C(O)CC1CCCN1C(=O)c1cccc2c1OCCO2. The number of aliphatic carboxylic acids is 1. The normalized spacial score (nSPS) is 20.4. The van der Waals surface area contributed by atoms with Gasteiger partial charge >= 0.3 is 5.97 Å². The number of rotatable bonds is 3. The highest BCUT2D eigenvalue weighted by molar-refractivity contribution is 5.98. The van der Waals surface area contributed by atoms with E-state index in [1.54, 1.807) is 23.1 Å². The van der Waals surface area contributed by atoms with Crippen LogP contribution in [0.2, 0.25) is 0 Å². The van der Waals surface area contributed by atoms with Gasteiger partial charge in [-0.15, -0.1) is 0 Å². The molecule has 1 unspecified atom stereocenters. The molecule has 1 aromatic rings. The van der Waals surface area contributed by atoms with Gasteiger partial charge in [-0.25, -0.2) is 0 Å². The Hall–Kier alpha value is -2.24. The van der Waals surface area contributed by atoms with Gasteiger partial charge in [0.15, 0.2) is 11.5 Å². The largest absolute Gasteiger partial charge is 0.486 e. The monoisotopic (exact) mass is 291 g/mol. The van der Waals surface area contributed by atoms with E-state index in [0.29, 0.717) is 36.8 Å². The van der Waals surface area contributed by atoms with Crippen molar-refractivity contribution < 1.29 is 24.2 Å². The fraction of sp³-hybridized carbons (Fsp3) is 0.467. The smallest absolute Gasteiger partial charge is 0.305 e. The summed E-state index contributed by atoms with van der Waals surface area (Å²) in [6.07, 6.45) is 1.54. The summed E-state index contributed by atoms with van der Waals surface area (Å²) in [4.78, 5) is 25.3. The molecule has 2 aliphatic heterocycles. The van der Waals surface area contributed by atoms with Crippen molar-refractivity contribution in [2.75, 3.05) is 19.8 Å². The molecule has 2 aliphatic rings. The fourth-order valence-electron chi connectivity index (χ4n) is 2.91. The van der Waals surface area contributed by atoms with Crippen LogP contribution in [-0.4, -0.2) is 47.7 Å². The Bertz CT molecular complexity index is 571. The Balaban J connectivity index is 1.86. The number of nitrogens with zero attached hydrogens (tertiary/aromatic N) is 1. The molecular formula is C15H17NO5. The Kier molecular flexibility index (Phi) is 3.68. The Morgan fingerprint density at radius 3 is 2.90 bits per heavy atom. The summed E-state index contributed by atoms with van der Waals surface area (Å²) in [5.74, 6) is -0.0220. The van der Waals surface area contributed by atoms with Crippen molar-refractivity contribution >= 4 is 11.9 Å². The molecule has 0 spiro atoms. The first-order valence-electron chi connectivity index (χ1n) is 7.08. The highest BCUT2D eigenvalue weighted by atomic mass is 16.6. The molecule has 1 aromatic carbocycles. The lowest BCUT2D eigenvalue weighted by molar-refractivity contribution is -0.137. The standard InChI is InChI=1S/C15H17NO5/c17-13(18)9-10-3-2-6-16(10)15(19)11-4-1-5-12-14(11)21-8-7-20-12/h1,4-5,10H,2-3,6-9H2,(H,17,18). The molecule has 1 fully saturated rings. The summed E-state index contributed by atoms with van der Waals surface area (Å²) in [6.45, 7) is 1.47. The lowest BCUT2D eigenvalue weighted by Gasteiger charge is -2.26. The Morgan fingerprint density at radius 1 is 1.29 bits per heavy atom. The van der Waals surface area contributed by atoms with Crippen LogP contribution in [0.3, 0.4) is 0 Å². The topological polar surface area (TPSA) is 76.1 Å². The van der Waals surface area contributed by atoms with E-state index < -0.39 is 5.97 Å². The first-order chi connectivity index (χ1) is 10.2. The van der Waals surface area contributed by atoms with E-state index in [4.69, 9.17) is 14.6 Å². The fourth-order valence-corrected chi connectivity index (χ4v) is 2.91. The predicted octanol–water partition coefficient (Wildman–Crippen LogP) is 1.54. The number of hydrogen-bond donors (Lipinski definition) is 1. The molecular weight excluding hydrogens is 274 g/mol. The molecule has 1 amide bonds. The Labute approximate surface area is 122 Å². The molecule has 112 valence electrons. The van der Waals surface area contributed by atoms with Crippen molar-refractivity contribution in [3.05, 3.63) is 23.8 Å². The summed E-state index contributed by atoms with van der Waals surface area (Å²) in [6, 6.07) is 4.98. The summed E-state index contributed by atoms with van der Waals surface area (Å²) in [5, 5.41) is 8.95. The second-order valence-electron chi connectivity index (χ2n) is 5.22. The molecule has 1 atom stereocenters. The highest BCUT2D eigenvalue weighted by Gasteiger charge is 2.33. The number of likely N-dealkylation sites (tertiary alicyclic amines) is 1. The molecule has 0 aliphatic carbocycles. The van der Waals surface area contributed by atoms with Crippen LogP contribution in [0.5, 0.6) is 11.5 Å². The molecule has 2 heterocycles. The van der Waals surface area contributed by atoms with E-state index in [1.165, 1.54) is 0 Å². The highest BCUT2D eigenvalue weighted by Crippen LogP contribution is 2.35. The first-order valence-corrected chi connectivity index (χ1v) is 7.08. The van der Waals surface area contributed by atoms with Crippen molar-refractivity contribution in [3.63, 3.8) is 0 Å². The van der Waals surface area contributed by atoms with Gasteiger partial charge in [0.25, 0.3) is 5.91 Å². The van der Waals surface area contributed by atoms with Crippen LogP contribution in [0.1, 0.15) is 29.6 Å². The second kappa shape index (κ2) is 5.63. The number of carbonyl (C=O) groups is 2. The van der Waals surface area contributed by atoms with Crippen molar-refractivity contribution in [1.29, 1.82) is 0 Å². The minimum Gasteiger partial charge on any atom is -0.486 e. The molecule has 6 heteroatoms. The summed E-state index contributed by atoms with van der Waals surface area (Å²) in [7, 11) is 0.